The summed E-state index contributed by atoms with van der Waals surface area (Å²) in [6.45, 7) is 4.53. The van der Waals surface area contributed by atoms with Crippen LogP contribution in [0, 0.1) is 0 Å². The number of hydrogen-bond donors (Lipinski definition) is 3. The highest BCUT2D eigenvalue weighted by Gasteiger charge is 2.24. The molecule has 6 nitrogen and oxygen atoms in total. The number of unbranched alkanes of at least 4 members (excludes halogenated alkanes) is 27. The van der Waals surface area contributed by atoms with Crippen molar-refractivity contribution in [2.45, 2.75) is 238 Å². The fourth-order valence-electron chi connectivity index (χ4n) is 6.77. The van der Waals surface area contributed by atoms with Crippen LogP contribution >= 0.6 is 0 Å². The molecule has 0 aliphatic carbocycles. The highest BCUT2D eigenvalue weighted by atomic mass is 32.2. The molecule has 0 aromatic rings. The van der Waals surface area contributed by atoms with Crippen LogP contribution in [0.4, 0.5) is 0 Å². The standard InChI is InChI=1S/C47H87NO5S/c1-3-5-7-9-11-13-15-17-19-21-23-24-25-26-28-30-32-34-36-38-40-42-46(49)45(44-54(51,52)53)48-47(50)43-41-39-37-35-33-31-29-27-22-20-18-16-14-12-10-8-6-4-2/h20,22,25-26,32,34,40,42,45-46,49H,3-19,21,23-24,27-31,33,35-39,41,43-44H2,1-2H3,(H,48,50)(H,51,52,53)/b22-20-,26-25+,34-32+,42-40+. The average molecular weight is 778 g/mol. The SMILES string of the molecule is CCCCCCCCC/C=C\CCCCCCCCCC(=O)NC(CS(=O)(=O)O)C(O)/C=C/CC/C=C/CC/C=C/CCCCCCCCCCCCC. The van der Waals surface area contributed by atoms with E-state index in [1.807, 2.05) is 0 Å². The van der Waals surface area contributed by atoms with E-state index in [4.69, 9.17) is 0 Å². The van der Waals surface area contributed by atoms with Gasteiger partial charge >= 0.3 is 0 Å². The van der Waals surface area contributed by atoms with Gasteiger partial charge in [0.05, 0.1) is 17.9 Å². The minimum Gasteiger partial charge on any atom is -0.387 e. The maximum absolute atomic E-state index is 12.5. The van der Waals surface area contributed by atoms with Gasteiger partial charge in [-0.2, -0.15) is 8.42 Å². The molecule has 0 radical (unpaired) electrons. The smallest absolute Gasteiger partial charge is 0.267 e. The van der Waals surface area contributed by atoms with Gasteiger partial charge < -0.3 is 10.4 Å². The molecule has 0 heterocycles. The molecule has 54 heavy (non-hydrogen) atoms. The number of allylic oxidation sites excluding steroid dienone is 7. The van der Waals surface area contributed by atoms with Crippen LogP contribution in [-0.2, 0) is 14.9 Å². The first-order chi connectivity index (χ1) is 26.3. The first kappa shape index (κ1) is 52.3. The van der Waals surface area contributed by atoms with Gasteiger partial charge in [0.25, 0.3) is 10.1 Å². The maximum Gasteiger partial charge on any atom is 0.267 e. The average Bonchev–Trinajstić information content (AvgIpc) is 3.14. The highest BCUT2D eigenvalue weighted by molar-refractivity contribution is 7.85. The summed E-state index contributed by atoms with van der Waals surface area (Å²) in [5.41, 5.74) is 0. The van der Waals surface area contributed by atoms with Gasteiger partial charge in [-0.25, -0.2) is 0 Å². The van der Waals surface area contributed by atoms with Crippen molar-refractivity contribution >= 4 is 16.0 Å². The Balaban J connectivity index is 3.95. The first-order valence-electron chi connectivity index (χ1n) is 22.8. The summed E-state index contributed by atoms with van der Waals surface area (Å²) in [4.78, 5) is 12.5. The molecule has 7 heteroatoms. The zero-order chi connectivity index (χ0) is 39.6. The van der Waals surface area contributed by atoms with E-state index in [1.54, 1.807) is 6.08 Å². The fourth-order valence-corrected chi connectivity index (χ4v) is 7.50. The molecule has 2 atom stereocenters. The molecule has 1 amide bonds. The van der Waals surface area contributed by atoms with Crippen molar-refractivity contribution in [1.29, 1.82) is 0 Å². The maximum atomic E-state index is 12.5. The molecule has 3 N–H and O–H groups in total. The van der Waals surface area contributed by atoms with Crippen LogP contribution in [0.5, 0.6) is 0 Å². The third-order valence-corrected chi connectivity index (χ3v) is 11.0. The number of hydrogen-bond acceptors (Lipinski definition) is 4. The van der Waals surface area contributed by atoms with E-state index in [0.29, 0.717) is 6.42 Å². The van der Waals surface area contributed by atoms with Crippen molar-refractivity contribution in [3.63, 3.8) is 0 Å². The number of rotatable bonds is 41. The molecule has 0 saturated carbocycles. The lowest BCUT2D eigenvalue weighted by Crippen LogP contribution is -2.46. The molecule has 0 aliphatic heterocycles. The lowest BCUT2D eigenvalue weighted by Gasteiger charge is -2.21. The molecule has 0 aromatic heterocycles. The molecular weight excluding hydrogens is 691 g/mol. The monoisotopic (exact) mass is 778 g/mol. The van der Waals surface area contributed by atoms with Crippen LogP contribution in [0.2, 0.25) is 0 Å². The van der Waals surface area contributed by atoms with E-state index in [9.17, 15) is 22.9 Å². The van der Waals surface area contributed by atoms with Gasteiger partial charge in [-0.15, -0.1) is 0 Å². The summed E-state index contributed by atoms with van der Waals surface area (Å²) < 4.78 is 32.6. The van der Waals surface area contributed by atoms with Crippen molar-refractivity contribution in [1.82, 2.24) is 5.32 Å². The van der Waals surface area contributed by atoms with E-state index in [1.165, 1.54) is 154 Å². The van der Waals surface area contributed by atoms with Gasteiger partial charge in [0.15, 0.2) is 0 Å². The van der Waals surface area contributed by atoms with Crippen molar-refractivity contribution in [3.8, 4) is 0 Å². The Hall–Kier alpha value is -1.70. The first-order valence-corrected chi connectivity index (χ1v) is 24.4. The molecule has 0 aliphatic rings. The topological polar surface area (TPSA) is 104 Å². The van der Waals surface area contributed by atoms with E-state index in [0.717, 1.165) is 51.4 Å². The van der Waals surface area contributed by atoms with Crippen molar-refractivity contribution in [2.75, 3.05) is 5.75 Å². The van der Waals surface area contributed by atoms with Crippen molar-refractivity contribution < 1.29 is 22.9 Å². The molecule has 316 valence electrons. The molecule has 0 bridgehead atoms. The van der Waals surface area contributed by atoms with Crippen LogP contribution in [0.1, 0.15) is 226 Å². The van der Waals surface area contributed by atoms with Crippen LogP contribution in [0.25, 0.3) is 0 Å². The third-order valence-electron chi connectivity index (χ3n) is 10.2. The zero-order valence-electron chi connectivity index (χ0n) is 35.3. The fraction of sp³-hybridized carbons (Fsp3) is 0.809. The highest BCUT2D eigenvalue weighted by Crippen LogP contribution is 2.14. The normalized spacial score (nSPS) is 13.6. The molecule has 0 spiro atoms. The van der Waals surface area contributed by atoms with Gasteiger partial charge in [0.2, 0.25) is 5.91 Å². The largest absolute Gasteiger partial charge is 0.387 e. The Bertz CT molecular complexity index is 1030. The summed E-state index contributed by atoms with van der Waals surface area (Å²) in [5.74, 6) is -1.01. The Morgan fingerprint density at radius 3 is 1.17 bits per heavy atom. The van der Waals surface area contributed by atoms with E-state index >= 15 is 0 Å². The van der Waals surface area contributed by atoms with Gasteiger partial charge in [0, 0.05) is 6.42 Å². The minimum absolute atomic E-state index is 0.279. The predicted octanol–water partition coefficient (Wildman–Crippen LogP) is 13.9. The van der Waals surface area contributed by atoms with E-state index in [2.05, 4.69) is 55.6 Å². The van der Waals surface area contributed by atoms with Crippen LogP contribution in [-0.4, -0.2) is 41.9 Å². The molecule has 0 fully saturated rings. The van der Waals surface area contributed by atoms with Crippen LogP contribution in [0.3, 0.4) is 0 Å². The molecule has 0 aromatic carbocycles. The second-order valence-electron chi connectivity index (χ2n) is 15.7. The number of aliphatic hydroxyl groups is 1. The Labute approximate surface area is 335 Å². The second kappa shape index (κ2) is 40.9. The van der Waals surface area contributed by atoms with Gasteiger partial charge in [-0.1, -0.05) is 197 Å². The summed E-state index contributed by atoms with van der Waals surface area (Å²) in [6, 6.07) is -1.08. The van der Waals surface area contributed by atoms with Crippen LogP contribution in [0.15, 0.2) is 48.6 Å². The molecule has 0 saturated heterocycles. The number of nitrogens with one attached hydrogen (secondary N) is 1. The number of carbonyl (C=O) groups is 1. The Kier molecular flexibility index (Phi) is 39.7. The number of amides is 1. The quantitative estimate of drug-likeness (QED) is 0.0326. The molecule has 0 rings (SSSR count). The lowest BCUT2D eigenvalue weighted by atomic mass is 10.1. The van der Waals surface area contributed by atoms with Crippen molar-refractivity contribution in [3.05, 3.63) is 48.6 Å². The van der Waals surface area contributed by atoms with Gasteiger partial charge in [0.1, 0.15) is 0 Å². The van der Waals surface area contributed by atoms with E-state index in [-0.39, 0.29) is 12.3 Å². The van der Waals surface area contributed by atoms with Crippen molar-refractivity contribution in [2.24, 2.45) is 0 Å². The Morgan fingerprint density at radius 2 is 0.796 bits per heavy atom. The van der Waals surface area contributed by atoms with Gasteiger partial charge in [-0.3, -0.25) is 9.35 Å². The number of carbonyl (C=O) groups excluding carboxylic acids is 1. The number of aliphatic hydroxyl groups excluding tert-OH is 1. The summed E-state index contributed by atoms with van der Waals surface area (Å²) in [5, 5.41) is 13.2. The van der Waals surface area contributed by atoms with Gasteiger partial charge in [-0.05, 0) is 70.6 Å². The predicted molar refractivity (Wildman–Crippen MR) is 235 cm³/mol. The molecule has 2 unspecified atom stereocenters. The zero-order valence-corrected chi connectivity index (χ0v) is 36.2. The molecular formula is C47H87NO5S. The third kappa shape index (κ3) is 41.5. The second-order valence-corrected chi connectivity index (χ2v) is 17.2. The summed E-state index contributed by atoms with van der Waals surface area (Å²) in [6.07, 6.45) is 55.3. The van der Waals surface area contributed by atoms with E-state index < -0.39 is 28.0 Å². The Morgan fingerprint density at radius 1 is 0.481 bits per heavy atom. The summed E-state index contributed by atoms with van der Waals surface area (Å²) >= 11 is 0. The van der Waals surface area contributed by atoms with Crippen LogP contribution < -0.4 is 5.32 Å². The summed E-state index contributed by atoms with van der Waals surface area (Å²) in [7, 11) is -4.36. The minimum atomic E-state index is -4.36. The lowest BCUT2D eigenvalue weighted by molar-refractivity contribution is -0.122.